The summed E-state index contributed by atoms with van der Waals surface area (Å²) in [7, 11) is 0. The number of hydrogen-bond donors (Lipinski definition) is 0. The van der Waals surface area contributed by atoms with Gasteiger partial charge in [-0.15, -0.1) is 5.73 Å². The number of rotatable bonds is 3. The fourth-order valence-electron chi connectivity index (χ4n) is 3.00. The van der Waals surface area contributed by atoms with Crippen LogP contribution < -0.4 is 0 Å². The van der Waals surface area contributed by atoms with Crippen LogP contribution in [0.2, 0.25) is 0 Å². The van der Waals surface area contributed by atoms with E-state index >= 15 is 0 Å². The molecule has 3 rings (SSSR count). The molecule has 0 aliphatic carbocycles. The molecular weight excluding hydrogens is 292 g/mol. The average Bonchev–Trinajstić information content (AvgIpc) is 2.99. The first-order chi connectivity index (χ1) is 10.3. The van der Waals surface area contributed by atoms with Gasteiger partial charge in [-0.3, -0.25) is 4.79 Å². The first kappa shape index (κ1) is 15.4. The summed E-state index contributed by atoms with van der Waals surface area (Å²) in [5.74, 6) is -2.19. The number of ketones is 1. The predicted molar refractivity (Wildman–Crippen MR) is 71.7 cm³/mol. The fourth-order valence-corrected chi connectivity index (χ4v) is 3.00. The number of fused-ring (bicyclic) bond motifs is 3. The minimum atomic E-state index is -1.88. The standard InChI is InChI=1S/C15H18O7/c1-5-7-15(13(17)18-6-2)11(16)9-8(21-15)10-12(19-9)22-14(3,4)20-10/h7-10,12H,1,6H2,2-4H3/t8-,9-,10+,12+,15+/m0/s1. The highest BCUT2D eigenvalue weighted by atomic mass is 16.8. The zero-order valence-corrected chi connectivity index (χ0v) is 12.7. The number of carbonyl (C=O) groups is 2. The van der Waals surface area contributed by atoms with E-state index in [2.05, 4.69) is 12.3 Å². The molecular formula is C15H18O7. The van der Waals surface area contributed by atoms with Gasteiger partial charge < -0.3 is 23.7 Å². The maximum Gasteiger partial charge on any atom is 0.351 e. The van der Waals surface area contributed by atoms with E-state index in [0.717, 1.165) is 0 Å². The van der Waals surface area contributed by atoms with E-state index in [0.29, 0.717) is 0 Å². The van der Waals surface area contributed by atoms with Gasteiger partial charge >= 0.3 is 5.97 Å². The monoisotopic (exact) mass is 310 g/mol. The van der Waals surface area contributed by atoms with Gasteiger partial charge in [0, 0.05) is 6.08 Å². The summed E-state index contributed by atoms with van der Waals surface area (Å²) >= 11 is 0. The van der Waals surface area contributed by atoms with Gasteiger partial charge in [-0.05, 0) is 20.8 Å². The Morgan fingerprint density at radius 3 is 2.73 bits per heavy atom. The summed E-state index contributed by atoms with van der Waals surface area (Å²) in [6.45, 7) is 8.66. The van der Waals surface area contributed by atoms with Gasteiger partial charge in [-0.2, -0.15) is 0 Å². The van der Waals surface area contributed by atoms with Crippen molar-refractivity contribution >= 4 is 11.8 Å². The quantitative estimate of drug-likeness (QED) is 0.426. The molecule has 3 heterocycles. The van der Waals surface area contributed by atoms with Crippen molar-refractivity contribution in [3.63, 3.8) is 0 Å². The third-order valence-electron chi connectivity index (χ3n) is 3.82. The third-order valence-corrected chi connectivity index (χ3v) is 3.82. The van der Waals surface area contributed by atoms with Crippen molar-refractivity contribution in [1.29, 1.82) is 0 Å². The molecule has 0 N–H and O–H groups in total. The molecule has 0 bridgehead atoms. The highest BCUT2D eigenvalue weighted by molar-refractivity contribution is 6.13. The minimum Gasteiger partial charge on any atom is -0.463 e. The molecule has 0 saturated carbocycles. The smallest absolute Gasteiger partial charge is 0.351 e. The van der Waals surface area contributed by atoms with Crippen molar-refractivity contribution in [1.82, 2.24) is 0 Å². The molecule has 0 aromatic carbocycles. The van der Waals surface area contributed by atoms with Crippen LogP contribution in [0.5, 0.6) is 0 Å². The maximum atomic E-state index is 12.6. The van der Waals surface area contributed by atoms with E-state index in [1.807, 2.05) is 0 Å². The molecule has 7 nitrogen and oxygen atoms in total. The van der Waals surface area contributed by atoms with Gasteiger partial charge in [-0.1, -0.05) is 6.58 Å². The second kappa shape index (κ2) is 5.01. The molecule has 0 radical (unpaired) electrons. The molecule has 0 unspecified atom stereocenters. The molecule has 7 heteroatoms. The van der Waals surface area contributed by atoms with Gasteiger partial charge in [0.05, 0.1) is 6.61 Å². The lowest BCUT2D eigenvalue weighted by atomic mass is 9.96. The SMILES string of the molecule is C=C=C[C@@]1(C(=O)OCC)O[C@@H]2[C@H]3OC(C)(C)O[C@H]3O[C@@H]2C1=O. The summed E-state index contributed by atoms with van der Waals surface area (Å²) in [6.07, 6.45) is -1.79. The van der Waals surface area contributed by atoms with Crippen molar-refractivity contribution in [3.8, 4) is 0 Å². The van der Waals surface area contributed by atoms with E-state index in [4.69, 9.17) is 23.7 Å². The lowest BCUT2D eigenvalue weighted by Crippen LogP contribution is -2.47. The largest absolute Gasteiger partial charge is 0.463 e. The number of esters is 1. The van der Waals surface area contributed by atoms with Crippen LogP contribution in [-0.4, -0.2) is 54.3 Å². The zero-order chi connectivity index (χ0) is 16.1. The Morgan fingerprint density at radius 2 is 2.09 bits per heavy atom. The molecule has 0 amide bonds. The summed E-state index contributed by atoms with van der Waals surface area (Å²) in [5.41, 5.74) is 0.555. The van der Waals surface area contributed by atoms with Gasteiger partial charge in [-0.25, -0.2) is 4.79 Å². The molecule has 5 atom stereocenters. The summed E-state index contributed by atoms with van der Waals surface area (Å²) in [5, 5.41) is 0. The Balaban J connectivity index is 1.91. The molecule has 0 aromatic heterocycles. The molecule has 3 aliphatic heterocycles. The van der Waals surface area contributed by atoms with Crippen molar-refractivity contribution < 1.29 is 33.3 Å². The number of carbonyl (C=O) groups excluding carboxylic acids is 2. The summed E-state index contributed by atoms with van der Waals surface area (Å²) in [6, 6.07) is 0. The second-order valence-electron chi connectivity index (χ2n) is 5.78. The second-order valence-corrected chi connectivity index (χ2v) is 5.78. The van der Waals surface area contributed by atoms with Gasteiger partial charge in [0.25, 0.3) is 5.60 Å². The van der Waals surface area contributed by atoms with Gasteiger partial charge in [0.1, 0.15) is 12.2 Å². The van der Waals surface area contributed by atoms with Gasteiger partial charge in [0.2, 0.25) is 5.78 Å². The Kier molecular flexibility index (Phi) is 3.51. The van der Waals surface area contributed by atoms with E-state index in [-0.39, 0.29) is 6.61 Å². The Labute approximate surface area is 127 Å². The van der Waals surface area contributed by atoms with Crippen molar-refractivity contribution in [2.75, 3.05) is 6.61 Å². The van der Waals surface area contributed by atoms with Crippen LogP contribution in [0, 0.1) is 0 Å². The van der Waals surface area contributed by atoms with E-state index in [1.165, 1.54) is 6.08 Å². The highest BCUT2D eigenvalue weighted by Crippen LogP contribution is 2.45. The molecule has 22 heavy (non-hydrogen) atoms. The predicted octanol–water partition coefficient (Wildman–Crippen LogP) is 0.474. The van der Waals surface area contributed by atoms with Crippen LogP contribution in [0.4, 0.5) is 0 Å². The minimum absolute atomic E-state index is 0.122. The fraction of sp³-hybridized carbons (Fsp3) is 0.667. The molecule has 3 aliphatic rings. The molecule has 3 saturated heterocycles. The lowest BCUT2D eigenvalue weighted by Gasteiger charge is -2.23. The zero-order valence-electron chi connectivity index (χ0n) is 12.7. The first-order valence-electron chi connectivity index (χ1n) is 7.12. The molecule has 0 spiro atoms. The van der Waals surface area contributed by atoms with Crippen LogP contribution in [0.3, 0.4) is 0 Å². The van der Waals surface area contributed by atoms with Crippen molar-refractivity contribution in [2.24, 2.45) is 0 Å². The van der Waals surface area contributed by atoms with Crippen molar-refractivity contribution in [2.45, 2.75) is 56.8 Å². The Bertz CT molecular complexity index is 562. The van der Waals surface area contributed by atoms with E-state index in [9.17, 15) is 9.59 Å². The lowest BCUT2D eigenvalue weighted by molar-refractivity contribution is -0.209. The number of hydrogen-bond acceptors (Lipinski definition) is 7. The normalized spacial score (nSPS) is 41.7. The van der Waals surface area contributed by atoms with Crippen molar-refractivity contribution in [3.05, 3.63) is 18.4 Å². The molecule has 120 valence electrons. The Morgan fingerprint density at radius 1 is 1.36 bits per heavy atom. The van der Waals surface area contributed by atoms with Crippen LogP contribution in [0.15, 0.2) is 18.4 Å². The van der Waals surface area contributed by atoms with Crippen LogP contribution >= 0.6 is 0 Å². The van der Waals surface area contributed by atoms with E-state index < -0.39 is 47.7 Å². The number of ether oxygens (including phenoxy) is 5. The maximum absolute atomic E-state index is 12.6. The average molecular weight is 310 g/mol. The highest BCUT2D eigenvalue weighted by Gasteiger charge is 2.69. The molecule has 3 fully saturated rings. The number of Topliss-reactive ketones (excluding diaryl/α,β-unsaturated/α-hetero) is 1. The third kappa shape index (κ3) is 2.06. The van der Waals surface area contributed by atoms with E-state index in [1.54, 1.807) is 20.8 Å². The Hall–Kier alpha value is -1.50. The van der Waals surface area contributed by atoms with Crippen LogP contribution in [-0.2, 0) is 33.3 Å². The summed E-state index contributed by atoms with van der Waals surface area (Å²) in [4.78, 5) is 24.9. The van der Waals surface area contributed by atoms with Gasteiger partial charge in [0.15, 0.2) is 18.2 Å². The first-order valence-corrected chi connectivity index (χ1v) is 7.12. The van der Waals surface area contributed by atoms with Crippen LogP contribution in [0.1, 0.15) is 20.8 Å². The molecule has 0 aromatic rings. The summed E-state index contributed by atoms with van der Waals surface area (Å²) < 4.78 is 27.6. The topological polar surface area (TPSA) is 80.3 Å². The van der Waals surface area contributed by atoms with Crippen LogP contribution in [0.25, 0.3) is 0 Å².